The Morgan fingerprint density at radius 1 is 1.07 bits per heavy atom. The van der Waals surface area contributed by atoms with E-state index in [1.807, 2.05) is 0 Å². The van der Waals surface area contributed by atoms with Crippen molar-refractivity contribution in [3.8, 4) is 5.75 Å². The SMILES string of the molecule is CCNC(=NCCN1CCN(CC)CC1)N1CCC(c2ccc(OC)cc2)C1. The molecule has 0 amide bonds. The van der Waals surface area contributed by atoms with Crippen molar-refractivity contribution in [2.75, 3.05) is 72.6 Å². The predicted octanol–water partition coefficient (Wildman–Crippen LogP) is 2.09. The number of ether oxygens (including phenoxy) is 1. The predicted molar refractivity (Wildman–Crippen MR) is 116 cm³/mol. The lowest BCUT2D eigenvalue weighted by Crippen LogP contribution is -2.47. The van der Waals surface area contributed by atoms with E-state index in [-0.39, 0.29) is 0 Å². The maximum Gasteiger partial charge on any atom is 0.193 e. The van der Waals surface area contributed by atoms with Crippen LogP contribution in [0.25, 0.3) is 0 Å². The fourth-order valence-corrected chi connectivity index (χ4v) is 4.15. The number of rotatable bonds is 7. The van der Waals surface area contributed by atoms with E-state index >= 15 is 0 Å². The first-order valence-electron chi connectivity index (χ1n) is 10.8. The smallest absolute Gasteiger partial charge is 0.193 e. The normalized spacial score (nSPS) is 21.9. The van der Waals surface area contributed by atoms with Crippen LogP contribution in [0.15, 0.2) is 29.3 Å². The molecular weight excluding hydrogens is 350 g/mol. The van der Waals surface area contributed by atoms with Gasteiger partial charge in [0.15, 0.2) is 5.96 Å². The zero-order valence-corrected chi connectivity index (χ0v) is 17.9. The van der Waals surface area contributed by atoms with Gasteiger partial charge in [-0.25, -0.2) is 0 Å². The van der Waals surface area contributed by atoms with Crippen molar-refractivity contribution >= 4 is 5.96 Å². The summed E-state index contributed by atoms with van der Waals surface area (Å²) in [4.78, 5) is 12.4. The molecule has 2 fully saturated rings. The zero-order chi connectivity index (χ0) is 19.8. The lowest BCUT2D eigenvalue weighted by atomic mass is 9.98. The maximum absolute atomic E-state index is 5.28. The maximum atomic E-state index is 5.28. The van der Waals surface area contributed by atoms with E-state index in [1.165, 1.54) is 44.7 Å². The average Bonchev–Trinajstić information content (AvgIpc) is 3.24. The standard InChI is InChI=1S/C22H37N5O/c1-4-23-22(24-11-13-26-16-14-25(5-2)15-17-26)27-12-10-20(18-27)19-6-8-21(28-3)9-7-19/h6-9,20H,4-5,10-18H2,1-3H3,(H,23,24). The third-order valence-corrected chi connectivity index (χ3v) is 6.00. The number of likely N-dealkylation sites (N-methyl/N-ethyl adjacent to an activating group) is 1. The van der Waals surface area contributed by atoms with Crippen LogP contribution in [0.1, 0.15) is 31.7 Å². The third-order valence-electron chi connectivity index (χ3n) is 6.00. The Bertz CT molecular complexity index is 610. The van der Waals surface area contributed by atoms with Gasteiger partial charge in [0.2, 0.25) is 0 Å². The van der Waals surface area contributed by atoms with Gasteiger partial charge in [-0.1, -0.05) is 19.1 Å². The fraction of sp³-hybridized carbons (Fsp3) is 0.682. The molecule has 0 bridgehead atoms. The molecule has 0 spiro atoms. The number of nitrogens with zero attached hydrogens (tertiary/aromatic N) is 4. The molecular formula is C22H37N5O. The first-order valence-corrected chi connectivity index (χ1v) is 10.8. The number of benzene rings is 1. The lowest BCUT2D eigenvalue weighted by molar-refractivity contribution is 0.140. The molecule has 0 saturated carbocycles. The summed E-state index contributed by atoms with van der Waals surface area (Å²) in [6.45, 7) is 15.2. The van der Waals surface area contributed by atoms with Gasteiger partial charge in [0, 0.05) is 58.3 Å². The quantitative estimate of drug-likeness (QED) is 0.573. The lowest BCUT2D eigenvalue weighted by Gasteiger charge is -2.33. The Labute approximate surface area is 170 Å². The molecule has 2 heterocycles. The Morgan fingerprint density at radius 2 is 1.79 bits per heavy atom. The van der Waals surface area contributed by atoms with Crippen LogP contribution >= 0.6 is 0 Å². The van der Waals surface area contributed by atoms with E-state index in [9.17, 15) is 0 Å². The molecule has 1 unspecified atom stereocenters. The molecule has 2 aliphatic rings. The minimum Gasteiger partial charge on any atom is -0.497 e. The monoisotopic (exact) mass is 387 g/mol. The fourth-order valence-electron chi connectivity index (χ4n) is 4.15. The molecule has 156 valence electrons. The van der Waals surface area contributed by atoms with Gasteiger partial charge in [-0.15, -0.1) is 0 Å². The summed E-state index contributed by atoms with van der Waals surface area (Å²) in [6.07, 6.45) is 1.18. The van der Waals surface area contributed by atoms with Gasteiger partial charge in [0.1, 0.15) is 5.75 Å². The topological polar surface area (TPSA) is 43.3 Å². The Morgan fingerprint density at radius 3 is 2.43 bits per heavy atom. The van der Waals surface area contributed by atoms with Crippen molar-refractivity contribution in [2.45, 2.75) is 26.2 Å². The highest BCUT2D eigenvalue weighted by molar-refractivity contribution is 5.80. The van der Waals surface area contributed by atoms with Gasteiger partial charge < -0.3 is 19.9 Å². The number of nitrogens with one attached hydrogen (secondary N) is 1. The second kappa shape index (κ2) is 10.7. The molecule has 0 aliphatic carbocycles. The second-order valence-electron chi connectivity index (χ2n) is 7.72. The van der Waals surface area contributed by atoms with Crippen LogP contribution in [0.4, 0.5) is 0 Å². The average molecular weight is 388 g/mol. The number of hydrogen-bond acceptors (Lipinski definition) is 4. The van der Waals surface area contributed by atoms with Gasteiger partial charge in [-0.2, -0.15) is 0 Å². The van der Waals surface area contributed by atoms with Crippen LogP contribution < -0.4 is 10.1 Å². The van der Waals surface area contributed by atoms with Crippen molar-refractivity contribution in [3.63, 3.8) is 0 Å². The molecule has 6 heteroatoms. The summed E-state index contributed by atoms with van der Waals surface area (Å²) in [7, 11) is 1.72. The van der Waals surface area contributed by atoms with Crippen molar-refractivity contribution in [3.05, 3.63) is 29.8 Å². The number of guanidine groups is 1. The number of aliphatic imine (C=N–C) groups is 1. The van der Waals surface area contributed by atoms with Crippen molar-refractivity contribution in [2.24, 2.45) is 4.99 Å². The molecule has 0 aromatic heterocycles. The molecule has 1 N–H and O–H groups in total. The highest BCUT2D eigenvalue weighted by Crippen LogP contribution is 2.28. The summed E-state index contributed by atoms with van der Waals surface area (Å²) < 4.78 is 5.28. The van der Waals surface area contributed by atoms with Gasteiger partial charge in [0.05, 0.1) is 13.7 Å². The van der Waals surface area contributed by atoms with Crippen LogP contribution in [0.2, 0.25) is 0 Å². The van der Waals surface area contributed by atoms with E-state index in [2.05, 4.69) is 58.1 Å². The molecule has 2 aliphatic heterocycles. The third kappa shape index (κ3) is 5.61. The molecule has 1 aromatic rings. The highest BCUT2D eigenvalue weighted by atomic mass is 16.5. The van der Waals surface area contributed by atoms with Crippen molar-refractivity contribution < 1.29 is 4.74 Å². The first kappa shape index (κ1) is 20.9. The minimum atomic E-state index is 0.567. The number of hydrogen-bond donors (Lipinski definition) is 1. The van der Waals surface area contributed by atoms with Crippen molar-refractivity contribution in [1.29, 1.82) is 0 Å². The van der Waals surface area contributed by atoms with Gasteiger partial charge in [-0.05, 0) is 37.6 Å². The Hall–Kier alpha value is -1.79. The molecule has 2 saturated heterocycles. The molecule has 1 aromatic carbocycles. The number of piperazine rings is 1. The van der Waals surface area contributed by atoms with Crippen LogP contribution in [-0.4, -0.2) is 93.2 Å². The van der Waals surface area contributed by atoms with E-state index < -0.39 is 0 Å². The summed E-state index contributed by atoms with van der Waals surface area (Å²) in [5.74, 6) is 2.57. The first-order chi connectivity index (χ1) is 13.7. The van der Waals surface area contributed by atoms with E-state index in [4.69, 9.17) is 9.73 Å². The van der Waals surface area contributed by atoms with E-state index in [1.54, 1.807) is 7.11 Å². The van der Waals surface area contributed by atoms with E-state index in [0.29, 0.717) is 5.92 Å². The molecule has 28 heavy (non-hydrogen) atoms. The minimum absolute atomic E-state index is 0.567. The summed E-state index contributed by atoms with van der Waals surface area (Å²) in [6, 6.07) is 8.53. The van der Waals surface area contributed by atoms with Gasteiger partial charge >= 0.3 is 0 Å². The van der Waals surface area contributed by atoms with Crippen LogP contribution in [0.3, 0.4) is 0 Å². The largest absolute Gasteiger partial charge is 0.497 e. The van der Waals surface area contributed by atoms with Gasteiger partial charge in [-0.3, -0.25) is 9.89 Å². The highest BCUT2D eigenvalue weighted by Gasteiger charge is 2.26. The summed E-state index contributed by atoms with van der Waals surface area (Å²) in [5, 5.41) is 3.50. The van der Waals surface area contributed by atoms with E-state index in [0.717, 1.165) is 44.4 Å². The van der Waals surface area contributed by atoms with Crippen LogP contribution in [0, 0.1) is 0 Å². The molecule has 6 nitrogen and oxygen atoms in total. The van der Waals surface area contributed by atoms with Crippen molar-refractivity contribution in [1.82, 2.24) is 20.0 Å². The second-order valence-corrected chi connectivity index (χ2v) is 7.72. The molecule has 1 atom stereocenters. The van der Waals surface area contributed by atoms with Gasteiger partial charge in [0.25, 0.3) is 0 Å². The number of methoxy groups -OCH3 is 1. The summed E-state index contributed by atoms with van der Waals surface area (Å²) in [5.41, 5.74) is 1.40. The molecule has 3 rings (SSSR count). The summed E-state index contributed by atoms with van der Waals surface area (Å²) >= 11 is 0. The Balaban J connectivity index is 1.51. The van der Waals surface area contributed by atoms with Crippen LogP contribution in [-0.2, 0) is 0 Å². The Kier molecular flexibility index (Phi) is 7.98. The molecule has 0 radical (unpaired) electrons. The number of likely N-dealkylation sites (tertiary alicyclic amines) is 1. The zero-order valence-electron chi connectivity index (χ0n) is 17.9. The van der Waals surface area contributed by atoms with Crippen LogP contribution in [0.5, 0.6) is 5.75 Å².